The lowest BCUT2D eigenvalue weighted by atomic mass is 10.2. The van der Waals surface area contributed by atoms with Crippen molar-refractivity contribution in [1.29, 1.82) is 0 Å². The Morgan fingerprint density at radius 3 is 2.67 bits per heavy atom. The minimum absolute atomic E-state index is 0.755. The van der Waals surface area contributed by atoms with E-state index in [1.165, 1.54) is 5.56 Å². The van der Waals surface area contributed by atoms with Crippen LogP contribution in [0.3, 0.4) is 0 Å². The summed E-state index contributed by atoms with van der Waals surface area (Å²) in [5.41, 5.74) is 3.74. The first kappa shape index (κ1) is 13.3. The summed E-state index contributed by atoms with van der Waals surface area (Å²) in [6, 6.07) is 10.3. The number of imidazole rings is 1. The normalized spacial score (nSPS) is 11.3. The number of nitrogens with zero attached hydrogens (tertiary/aromatic N) is 5. The zero-order valence-corrected chi connectivity index (χ0v) is 12.1. The standard InChI is InChI=1S/C16H17N5/c1-20(2)9-8-14-15-16(18-11-17-14)21(12-19-15)10-13-6-4-3-5-7-13/h3-9,11-12H,10H2,1-2H3. The Kier molecular flexibility index (Phi) is 3.64. The molecule has 0 radical (unpaired) electrons. The summed E-state index contributed by atoms with van der Waals surface area (Å²) in [7, 11) is 3.95. The molecule has 2 heterocycles. The first-order valence-electron chi connectivity index (χ1n) is 6.78. The fourth-order valence-electron chi connectivity index (χ4n) is 2.14. The Morgan fingerprint density at radius 2 is 1.90 bits per heavy atom. The smallest absolute Gasteiger partial charge is 0.164 e. The van der Waals surface area contributed by atoms with E-state index in [-0.39, 0.29) is 0 Å². The zero-order chi connectivity index (χ0) is 14.7. The molecule has 0 spiro atoms. The average molecular weight is 279 g/mol. The highest BCUT2D eigenvalue weighted by molar-refractivity contribution is 5.79. The van der Waals surface area contributed by atoms with Gasteiger partial charge in [0.25, 0.3) is 0 Å². The minimum atomic E-state index is 0.755. The van der Waals surface area contributed by atoms with Gasteiger partial charge in [-0.3, -0.25) is 0 Å². The lowest BCUT2D eigenvalue weighted by Gasteiger charge is -2.04. The molecule has 0 saturated carbocycles. The van der Waals surface area contributed by atoms with Gasteiger partial charge in [-0.05, 0) is 11.6 Å². The van der Waals surface area contributed by atoms with Gasteiger partial charge < -0.3 is 9.47 Å². The summed E-state index contributed by atoms with van der Waals surface area (Å²) in [5, 5.41) is 0. The van der Waals surface area contributed by atoms with Crippen molar-refractivity contribution in [3.8, 4) is 0 Å². The molecule has 0 saturated heterocycles. The van der Waals surface area contributed by atoms with E-state index in [4.69, 9.17) is 0 Å². The average Bonchev–Trinajstić information content (AvgIpc) is 2.90. The fourth-order valence-corrected chi connectivity index (χ4v) is 2.14. The molecule has 0 unspecified atom stereocenters. The summed E-state index contributed by atoms with van der Waals surface area (Å²) in [6.07, 6.45) is 7.31. The van der Waals surface area contributed by atoms with E-state index in [1.807, 2.05) is 60.4 Å². The molecule has 0 bridgehead atoms. The van der Waals surface area contributed by atoms with Crippen LogP contribution >= 0.6 is 0 Å². The first-order valence-corrected chi connectivity index (χ1v) is 6.78. The van der Waals surface area contributed by atoms with Crippen LogP contribution in [0.4, 0.5) is 0 Å². The van der Waals surface area contributed by atoms with Crippen LogP contribution in [0.25, 0.3) is 17.2 Å². The number of hydrogen-bond acceptors (Lipinski definition) is 4. The van der Waals surface area contributed by atoms with Crippen molar-refractivity contribution in [2.45, 2.75) is 6.54 Å². The van der Waals surface area contributed by atoms with Crippen LogP contribution in [0.1, 0.15) is 11.3 Å². The maximum Gasteiger partial charge on any atom is 0.164 e. The zero-order valence-electron chi connectivity index (χ0n) is 12.1. The molecule has 2 aromatic heterocycles. The largest absolute Gasteiger partial charge is 0.383 e. The third kappa shape index (κ3) is 2.91. The quantitative estimate of drug-likeness (QED) is 0.736. The monoisotopic (exact) mass is 279 g/mol. The van der Waals surface area contributed by atoms with E-state index in [0.717, 1.165) is 23.4 Å². The van der Waals surface area contributed by atoms with Gasteiger partial charge in [-0.15, -0.1) is 0 Å². The molecule has 1 aromatic carbocycles. The van der Waals surface area contributed by atoms with E-state index in [0.29, 0.717) is 0 Å². The second-order valence-corrected chi connectivity index (χ2v) is 5.07. The molecule has 0 atom stereocenters. The topological polar surface area (TPSA) is 46.8 Å². The van der Waals surface area contributed by atoms with Crippen molar-refractivity contribution in [3.63, 3.8) is 0 Å². The van der Waals surface area contributed by atoms with Crippen molar-refractivity contribution >= 4 is 17.2 Å². The highest BCUT2D eigenvalue weighted by atomic mass is 15.1. The number of rotatable bonds is 4. The van der Waals surface area contributed by atoms with Crippen molar-refractivity contribution in [1.82, 2.24) is 24.4 Å². The SMILES string of the molecule is CN(C)C=Cc1ncnc2c1ncn2Cc1ccccc1. The van der Waals surface area contributed by atoms with Crippen LogP contribution in [0.15, 0.2) is 49.2 Å². The van der Waals surface area contributed by atoms with Crippen LogP contribution in [0.2, 0.25) is 0 Å². The maximum atomic E-state index is 4.46. The van der Waals surface area contributed by atoms with Crippen molar-refractivity contribution in [3.05, 3.63) is 60.4 Å². The summed E-state index contributed by atoms with van der Waals surface area (Å²) < 4.78 is 2.04. The van der Waals surface area contributed by atoms with Gasteiger partial charge in [-0.25, -0.2) is 15.0 Å². The fraction of sp³-hybridized carbons (Fsp3) is 0.188. The Labute approximate surface area is 123 Å². The molecule has 3 rings (SSSR count). The second-order valence-electron chi connectivity index (χ2n) is 5.07. The Bertz CT molecular complexity index is 759. The van der Waals surface area contributed by atoms with Gasteiger partial charge in [0.1, 0.15) is 11.8 Å². The molecular formula is C16H17N5. The molecule has 5 nitrogen and oxygen atoms in total. The second kappa shape index (κ2) is 5.75. The summed E-state index contributed by atoms with van der Waals surface area (Å²) in [6.45, 7) is 0.755. The molecular weight excluding hydrogens is 262 g/mol. The Hall–Kier alpha value is -2.69. The molecule has 0 aliphatic carbocycles. The van der Waals surface area contributed by atoms with Crippen molar-refractivity contribution in [2.24, 2.45) is 0 Å². The van der Waals surface area contributed by atoms with Crippen molar-refractivity contribution < 1.29 is 0 Å². The summed E-state index contributed by atoms with van der Waals surface area (Å²) in [5.74, 6) is 0. The number of hydrogen-bond donors (Lipinski definition) is 0. The van der Waals surface area contributed by atoms with Gasteiger partial charge in [0.15, 0.2) is 5.65 Å². The van der Waals surface area contributed by atoms with Gasteiger partial charge in [-0.2, -0.15) is 0 Å². The lowest BCUT2D eigenvalue weighted by Crippen LogP contribution is -2.01. The number of fused-ring (bicyclic) bond motifs is 1. The Morgan fingerprint density at radius 1 is 1.10 bits per heavy atom. The van der Waals surface area contributed by atoms with Crippen LogP contribution in [0.5, 0.6) is 0 Å². The van der Waals surface area contributed by atoms with Crippen LogP contribution in [-0.4, -0.2) is 38.5 Å². The first-order chi connectivity index (χ1) is 10.2. The molecule has 0 aliphatic rings. The van der Waals surface area contributed by atoms with E-state index in [9.17, 15) is 0 Å². The minimum Gasteiger partial charge on any atom is -0.383 e. The van der Waals surface area contributed by atoms with Crippen LogP contribution in [-0.2, 0) is 6.54 Å². The van der Waals surface area contributed by atoms with E-state index in [2.05, 4.69) is 27.1 Å². The predicted molar refractivity (Wildman–Crippen MR) is 83.6 cm³/mol. The van der Waals surface area contributed by atoms with E-state index < -0.39 is 0 Å². The molecule has 0 amide bonds. The molecule has 0 N–H and O–H groups in total. The number of aromatic nitrogens is 4. The van der Waals surface area contributed by atoms with E-state index >= 15 is 0 Å². The molecule has 0 fully saturated rings. The highest BCUT2D eigenvalue weighted by Gasteiger charge is 2.08. The van der Waals surface area contributed by atoms with Gasteiger partial charge in [0, 0.05) is 20.3 Å². The van der Waals surface area contributed by atoms with Gasteiger partial charge in [0.05, 0.1) is 18.6 Å². The highest BCUT2D eigenvalue weighted by Crippen LogP contribution is 2.15. The van der Waals surface area contributed by atoms with Crippen molar-refractivity contribution in [2.75, 3.05) is 14.1 Å². The van der Waals surface area contributed by atoms with Gasteiger partial charge in [0.2, 0.25) is 0 Å². The van der Waals surface area contributed by atoms with Gasteiger partial charge in [-0.1, -0.05) is 30.3 Å². The van der Waals surface area contributed by atoms with Crippen LogP contribution < -0.4 is 0 Å². The third-order valence-corrected chi connectivity index (χ3v) is 3.16. The predicted octanol–water partition coefficient (Wildman–Crippen LogP) is 2.41. The van der Waals surface area contributed by atoms with Gasteiger partial charge >= 0.3 is 0 Å². The molecule has 3 aromatic rings. The molecule has 106 valence electrons. The third-order valence-electron chi connectivity index (χ3n) is 3.16. The molecule has 0 aliphatic heterocycles. The summed E-state index contributed by atoms with van der Waals surface area (Å²) >= 11 is 0. The molecule has 21 heavy (non-hydrogen) atoms. The number of benzene rings is 1. The maximum absolute atomic E-state index is 4.46. The Balaban J connectivity index is 1.97. The van der Waals surface area contributed by atoms with E-state index in [1.54, 1.807) is 6.33 Å². The summed E-state index contributed by atoms with van der Waals surface area (Å²) in [4.78, 5) is 15.1. The lowest BCUT2D eigenvalue weighted by molar-refractivity contribution is 0.567. The van der Waals surface area contributed by atoms with Crippen LogP contribution in [0, 0.1) is 0 Å². The molecule has 5 heteroatoms.